The first kappa shape index (κ1) is 13.7. The summed E-state index contributed by atoms with van der Waals surface area (Å²) < 4.78 is 2.08. The third-order valence-corrected chi connectivity index (χ3v) is 3.40. The van der Waals surface area contributed by atoms with E-state index in [-0.39, 0.29) is 0 Å². The molecule has 2 heterocycles. The minimum Gasteiger partial charge on any atom is -0.336 e. The highest BCUT2D eigenvalue weighted by Crippen LogP contribution is 2.20. The summed E-state index contributed by atoms with van der Waals surface area (Å²) in [5.74, 6) is 0. The average molecular weight is 258 g/mol. The van der Waals surface area contributed by atoms with Crippen LogP contribution in [0.5, 0.6) is 0 Å². The SMILES string of the molecule is Cc1cc(C)c(C(C)NCCn2ccnc2)c(C)n1. The van der Waals surface area contributed by atoms with Crippen molar-refractivity contribution in [3.05, 3.63) is 47.3 Å². The minimum atomic E-state index is 0.316. The Balaban J connectivity index is 1.98. The maximum absolute atomic E-state index is 4.56. The van der Waals surface area contributed by atoms with Gasteiger partial charge in [-0.05, 0) is 44.9 Å². The summed E-state index contributed by atoms with van der Waals surface area (Å²) >= 11 is 0. The summed E-state index contributed by atoms with van der Waals surface area (Å²) in [6.45, 7) is 10.3. The lowest BCUT2D eigenvalue weighted by molar-refractivity contribution is 0.526. The first-order valence-electron chi connectivity index (χ1n) is 6.72. The number of aryl methyl sites for hydroxylation is 3. The van der Waals surface area contributed by atoms with Crippen molar-refractivity contribution < 1.29 is 0 Å². The zero-order valence-electron chi connectivity index (χ0n) is 12.1. The molecule has 1 unspecified atom stereocenters. The molecule has 0 bridgehead atoms. The molecule has 0 fully saturated rings. The van der Waals surface area contributed by atoms with Crippen LogP contribution < -0.4 is 5.32 Å². The Morgan fingerprint density at radius 1 is 1.32 bits per heavy atom. The molecular weight excluding hydrogens is 236 g/mol. The number of hydrogen-bond donors (Lipinski definition) is 1. The van der Waals surface area contributed by atoms with E-state index in [9.17, 15) is 0 Å². The van der Waals surface area contributed by atoms with Crippen LogP contribution >= 0.6 is 0 Å². The van der Waals surface area contributed by atoms with Crippen LogP contribution in [0, 0.1) is 20.8 Å². The maximum Gasteiger partial charge on any atom is 0.0946 e. The Labute approximate surface area is 114 Å². The normalized spacial score (nSPS) is 12.6. The van der Waals surface area contributed by atoms with E-state index in [0.29, 0.717) is 6.04 Å². The van der Waals surface area contributed by atoms with E-state index < -0.39 is 0 Å². The summed E-state index contributed by atoms with van der Waals surface area (Å²) in [5.41, 5.74) is 4.84. The smallest absolute Gasteiger partial charge is 0.0946 e. The Hall–Kier alpha value is -1.68. The Morgan fingerprint density at radius 3 is 2.74 bits per heavy atom. The number of nitrogens with zero attached hydrogens (tertiary/aromatic N) is 3. The van der Waals surface area contributed by atoms with Gasteiger partial charge in [0, 0.05) is 42.9 Å². The van der Waals surface area contributed by atoms with E-state index in [2.05, 4.69) is 46.7 Å². The standard InChI is InChI=1S/C15H22N4/c1-11-9-12(2)18-14(4)15(11)13(3)17-6-8-19-7-5-16-10-19/h5,7,9-10,13,17H,6,8H2,1-4H3. The highest BCUT2D eigenvalue weighted by molar-refractivity contribution is 5.33. The molecule has 0 amide bonds. The molecule has 0 radical (unpaired) electrons. The second-order valence-corrected chi connectivity index (χ2v) is 5.06. The van der Waals surface area contributed by atoms with Crippen molar-refractivity contribution in [2.45, 2.75) is 40.3 Å². The molecule has 4 heteroatoms. The van der Waals surface area contributed by atoms with Crippen LogP contribution in [0.1, 0.15) is 35.5 Å². The molecular formula is C15H22N4. The zero-order valence-corrected chi connectivity index (χ0v) is 12.1. The zero-order chi connectivity index (χ0) is 13.8. The largest absolute Gasteiger partial charge is 0.336 e. The number of aromatic nitrogens is 3. The quantitative estimate of drug-likeness (QED) is 0.896. The molecule has 0 spiro atoms. The van der Waals surface area contributed by atoms with Crippen LogP contribution in [0.3, 0.4) is 0 Å². The van der Waals surface area contributed by atoms with Gasteiger partial charge in [0.2, 0.25) is 0 Å². The molecule has 1 N–H and O–H groups in total. The Morgan fingerprint density at radius 2 is 2.11 bits per heavy atom. The molecule has 2 rings (SSSR count). The van der Waals surface area contributed by atoms with Gasteiger partial charge in [0.25, 0.3) is 0 Å². The molecule has 0 aliphatic rings. The van der Waals surface area contributed by atoms with Gasteiger partial charge in [-0.25, -0.2) is 4.98 Å². The Kier molecular flexibility index (Phi) is 4.32. The highest BCUT2D eigenvalue weighted by atomic mass is 15.0. The van der Waals surface area contributed by atoms with Crippen LogP contribution in [0.4, 0.5) is 0 Å². The van der Waals surface area contributed by atoms with Gasteiger partial charge < -0.3 is 9.88 Å². The first-order valence-corrected chi connectivity index (χ1v) is 6.72. The van der Waals surface area contributed by atoms with Crippen LogP contribution in [-0.2, 0) is 6.54 Å². The third-order valence-electron chi connectivity index (χ3n) is 3.40. The third kappa shape index (κ3) is 3.41. The lowest BCUT2D eigenvalue weighted by atomic mass is 10.0. The molecule has 102 valence electrons. The van der Waals surface area contributed by atoms with E-state index in [1.807, 2.05) is 25.6 Å². The second kappa shape index (κ2) is 5.97. The fourth-order valence-electron chi connectivity index (χ4n) is 2.62. The van der Waals surface area contributed by atoms with Crippen LogP contribution in [0.25, 0.3) is 0 Å². The van der Waals surface area contributed by atoms with Gasteiger partial charge in [-0.1, -0.05) is 0 Å². The maximum atomic E-state index is 4.56. The predicted molar refractivity (Wildman–Crippen MR) is 77.1 cm³/mol. The molecule has 2 aromatic heterocycles. The molecule has 0 aromatic carbocycles. The molecule has 0 saturated heterocycles. The molecule has 0 aliphatic heterocycles. The fourth-order valence-corrected chi connectivity index (χ4v) is 2.62. The van der Waals surface area contributed by atoms with Gasteiger partial charge in [0.1, 0.15) is 0 Å². The van der Waals surface area contributed by atoms with Gasteiger partial charge in [-0.2, -0.15) is 0 Å². The fraction of sp³-hybridized carbons (Fsp3) is 0.467. The predicted octanol–water partition coefficient (Wildman–Crippen LogP) is 2.55. The second-order valence-electron chi connectivity index (χ2n) is 5.06. The van der Waals surface area contributed by atoms with Crippen LogP contribution in [0.15, 0.2) is 24.8 Å². The number of hydrogen-bond acceptors (Lipinski definition) is 3. The molecule has 0 saturated carbocycles. The minimum absolute atomic E-state index is 0.316. The summed E-state index contributed by atoms with van der Waals surface area (Å²) in [6, 6.07) is 2.47. The van der Waals surface area contributed by atoms with E-state index in [1.54, 1.807) is 0 Å². The number of rotatable bonds is 5. The van der Waals surface area contributed by atoms with Crippen molar-refractivity contribution in [3.8, 4) is 0 Å². The molecule has 1 atom stereocenters. The summed E-state index contributed by atoms with van der Waals surface area (Å²) in [7, 11) is 0. The average Bonchev–Trinajstić information content (AvgIpc) is 2.80. The lowest BCUT2D eigenvalue weighted by Gasteiger charge is -2.19. The van der Waals surface area contributed by atoms with Gasteiger partial charge in [0.15, 0.2) is 0 Å². The molecule has 0 aliphatic carbocycles. The Bertz CT molecular complexity index is 508. The van der Waals surface area contributed by atoms with E-state index in [4.69, 9.17) is 0 Å². The summed E-state index contributed by atoms with van der Waals surface area (Å²) in [4.78, 5) is 8.60. The monoisotopic (exact) mass is 258 g/mol. The van der Waals surface area contributed by atoms with Crippen molar-refractivity contribution in [2.24, 2.45) is 0 Å². The van der Waals surface area contributed by atoms with E-state index >= 15 is 0 Å². The van der Waals surface area contributed by atoms with Gasteiger partial charge in [0.05, 0.1) is 6.33 Å². The first-order chi connectivity index (χ1) is 9.08. The van der Waals surface area contributed by atoms with E-state index in [1.165, 1.54) is 11.1 Å². The van der Waals surface area contributed by atoms with Crippen LogP contribution in [0.2, 0.25) is 0 Å². The summed E-state index contributed by atoms with van der Waals surface area (Å²) in [6.07, 6.45) is 5.63. The van der Waals surface area contributed by atoms with Gasteiger partial charge in [-0.3, -0.25) is 4.98 Å². The highest BCUT2D eigenvalue weighted by Gasteiger charge is 2.12. The van der Waals surface area contributed by atoms with E-state index in [0.717, 1.165) is 24.5 Å². The van der Waals surface area contributed by atoms with Crippen LogP contribution in [-0.4, -0.2) is 21.1 Å². The molecule has 19 heavy (non-hydrogen) atoms. The summed E-state index contributed by atoms with van der Waals surface area (Å²) in [5, 5.41) is 3.55. The van der Waals surface area contributed by atoms with Crippen molar-refractivity contribution >= 4 is 0 Å². The van der Waals surface area contributed by atoms with Crippen molar-refractivity contribution in [1.29, 1.82) is 0 Å². The number of imidazole rings is 1. The lowest BCUT2D eigenvalue weighted by Crippen LogP contribution is -2.24. The van der Waals surface area contributed by atoms with Crippen molar-refractivity contribution in [3.63, 3.8) is 0 Å². The van der Waals surface area contributed by atoms with Gasteiger partial charge >= 0.3 is 0 Å². The van der Waals surface area contributed by atoms with Crippen molar-refractivity contribution in [2.75, 3.05) is 6.54 Å². The number of pyridine rings is 1. The number of nitrogens with one attached hydrogen (secondary N) is 1. The topological polar surface area (TPSA) is 42.7 Å². The van der Waals surface area contributed by atoms with Gasteiger partial charge in [-0.15, -0.1) is 0 Å². The molecule has 2 aromatic rings. The van der Waals surface area contributed by atoms with Crippen molar-refractivity contribution in [1.82, 2.24) is 19.9 Å². The molecule has 4 nitrogen and oxygen atoms in total.